The first kappa shape index (κ1) is 19.9. The lowest BCUT2D eigenvalue weighted by Gasteiger charge is -2.40. The largest absolute Gasteiger partial charge is 0.444 e. The van der Waals surface area contributed by atoms with E-state index in [1.807, 2.05) is 51.1 Å². The molecule has 1 saturated carbocycles. The van der Waals surface area contributed by atoms with E-state index in [2.05, 4.69) is 10.3 Å². The van der Waals surface area contributed by atoms with Gasteiger partial charge in [0, 0.05) is 17.8 Å². The monoisotopic (exact) mass is 413 g/mol. The topological polar surface area (TPSA) is 71.5 Å². The highest BCUT2D eigenvalue weighted by atomic mass is 32.1. The molecule has 1 aromatic heterocycles. The van der Waals surface area contributed by atoms with Gasteiger partial charge in [-0.2, -0.15) is 0 Å². The summed E-state index contributed by atoms with van der Waals surface area (Å²) in [6, 6.07) is 10.00. The van der Waals surface area contributed by atoms with Crippen LogP contribution >= 0.6 is 11.3 Å². The molecule has 154 valence electrons. The number of fused-ring (bicyclic) bond motifs is 1. The number of hydrogen-bond donors (Lipinski definition) is 1. The zero-order valence-corrected chi connectivity index (χ0v) is 18.0. The Bertz CT molecular complexity index is 913. The zero-order chi connectivity index (χ0) is 20.6. The van der Waals surface area contributed by atoms with Crippen LogP contribution in [0, 0.1) is 0 Å². The number of thiazole rings is 1. The predicted octanol–water partition coefficient (Wildman–Crippen LogP) is 4.50. The van der Waals surface area contributed by atoms with Gasteiger partial charge in [0.1, 0.15) is 5.60 Å². The summed E-state index contributed by atoms with van der Waals surface area (Å²) in [7, 11) is 0. The minimum Gasteiger partial charge on any atom is -0.444 e. The molecule has 0 radical (unpaired) electrons. The fourth-order valence-electron chi connectivity index (χ4n) is 3.88. The third kappa shape index (κ3) is 4.01. The van der Waals surface area contributed by atoms with Crippen LogP contribution in [0.5, 0.6) is 0 Å². The summed E-state index contributed by atoms with van der Waals surface area (Å²) in [4.78, 5) is 32.8. The number of amides is 2. The maximum Gasteiger partial charge on any atom is 0.410 e. The van der Waals surface area contributed by atoms with Crippen LogP contribution in [0.2, 0.25) is 0 Å². The number of nitrogens with zero attached hydrogens (tertiary/aromatic N) is 2. The lowest BCUT2D eigenvalue weighted by atomic mass is 9.64. The smallest absolute Gasteiger partial charge is 0.410 e. The van der Waals surface area contributed by atoms with Crippen LogP contribution < -0.4 is 5.32 Å². The Morgan fingerprint density at radius 1 is 1.21 bits per heavy atom. The molecule has 4 rings (SSSR count). The SMILES string of the molecule is CC(C)(C)OC(=O)N1CCc2nc(NC(=O)C3(c4ccccc4)CCC3)sc2C1. The first-order valence-electron chi connectivity index (χ1n) is 10.1. The molecule has 29 heavy (non-hydrogen) atoms. The summed E-state index contributed by atoms with van der Waals surface area (Å²) in [5, 5.41) is 3.68. The Labute approximate surface area is 175 Å². The van der Waals surface area contributed by atoms with Gasteiger partial charge >= 0.3 is 6.09 Å². The fourth-order valence-corrected chi connectivity index (χ4v) is 4.90. The molecule has 1 N–H and O–H groups in total. The summed E-state index contributed by atoms with van der Waals surface area (Å²) in [5.41, 5.74) is 1.07. The lowest BCUT2D eigenvalue weighted by Crippen LogP contribution is -2.45. The maximum atomic E-state index is 13.1. The van der Waals surface area contributed by atoms with Gasteiger partial charge < -0.3 is 15.0 Å². The number of benzene rings is 1. The Kier molecular flexibility index (Phi) is 5.11. The number of hydrogen-bond acceptors (Lipinski definition) is 5. The van der Waals surface area contributed by atoms with Gasteiger partial charge in [-0.25, -0.2) is 9.78 Å². The Hall–Kier alpha value is -2.41. The quantitative estimate of drug-likeness (QED) is 0.804. The molecule has 7 heteroatoms. The third-order valence-corrected chi connectivity index (χ3v) is 6.57. The summed E-state index contributed by atoms with van der Waals surface area (Å²) in [5.74, 6) is 0.0186. The summed E-state index contributed by atoms with van der Waals surface area (Å²) < 4.78 is 5.48. The third-order valence-electron chi connectivity index (χ3n) is 5.57. The summed E-state index contributed by atoms with van der Waals surface area (Å²) >= 11 is 1.46. The van der Waals surface area contributed by atoms with Gasteiger partial charge in [-0.05, 0) is 39.2 Å². The van der Waals surface area contributed by atoms with Crippen molar-refractivity contribution in [1.82, 2.24) is 9.88 Å². The van der Waals surface area contributed by atoms with Gasteiger partial charge in [-0.15, -0.1) is 0 Å². The Morgan fingerprint density at radius 3 is 2.55 bits per heavy atom. The van der Waals surface area contributed by atoms with Crippen molar-refractivity contribution in [1.29, 1.82) is 0 Å². The molecular formula is C22H27N3O3S. The van der Waals surface area contributed by atoms with E-state index in [0.717, 1.165) is 35.4 Å². The molecule has 2 heterocycles. The van der Waals surface area contributed by atoms with E-state index in [0.29, 0.717) is 24.6 Å². The number of anilines is 1. The van der Waals surface area contributed by atoms with Crippen LogP contribution in [-0.2, 0) is 27.9 Å². The number of ether oxygens (including phenoxy) is 1. The molecule has 0 atom stereocenters. The van der Waals surface area contributed by atoms with Gasteiger partial charge in [0.05, 0.1) is 17.7 Å². The van der Waals surface area contributed by atoms with Crippen molar-refractivity contribution in [3.63, 3.8) is 0 Å². The fraction of sp³-hybridized carbons (Fsp3) is 0.500. The van der Waals surface area contributed by atoms with Crippen molar-refractivity contribution in [2.24, 2.45) is 0 Å². The molecular weight excluding hydrogens is 386 g/mol. The van der Waals surface area contributed by atoms with Crippen LogP contribution in [-0.4, -0.2) is 34.0 Å². The van der Waals surface area contributed by atoms with Gasteiger partial charge in [-0.3, -0.25) is 4.79 Å². The van der Waals surface area contributed by atoms with Crippen molar-refractivity contribution >= 4 is 28.5 Å². The molecule has 2 aliphatic rings. The molecule has 2 amide bonds. The number of carbonyl (C=O) groups excluding carboxylic acids is 2. The zero-order valence-electron chi connectivity index (χ0n) is 17.2. The molecule has 1 aliphatic carbocycles. The van der Waals surface area contributed by atoms with Gasteiger partial charge in [-0.1, -0.05) is 48.1 Å². The second-order valence-corrected chi connectivity index (χ2v) is 9.88. The van der Waals surface area contributed by atoms with Crippen LogP contribution in [0.15, 0.2) is 30.3 Å². The standard InChI is InChI=1S/C22H27N3O3S/c1-21(2,3)28-20(27)25-13-10-16-17(14-25)29-19(23-16)24-18(26)22(11-7-12-22)15-8-5-4-6-9-15/h4-6,8-9H,7,10-14H2,1-3H3,(H,23,24,26). The molecule has 1 aliphatic heterocycles. The first-order valence-corrected chi connectivity index (χ1v) is 10.9. The van der Waals surface area contributed by atoms with Gasteiger partial charge in [0.15, 0.2) is 5.13 Å². The van der Waals surface area contributed by atoms with Crippen LogP contribution in [0.1, 0.15) is 56.2 Å². The van der Waals surface area contributed by atoms with Crippen molar-refractivity contribution in [3.05, 3.63) is 46.5 Å². The van der Waals surface area contributed by atoms with Crippen molar-refractivity contribution < 1.29 is 14.3 Å². The molecule has 0 spiro atoms. The minimum absolute atomic E-state index is 0.0186. The molecule has 0 unspecified atom stereocenters. The minimum atomic E-state index is -0.515. The highest BCUT2D eigenvalue weighted by molar-refractivity contribution is 7.15. The van der Waals surface area contributed by atoms with Crippen LogP contribution in [0.4, 0.5) is 9.93 Å². The van der Waals surface area contributed by atoms with Gasteiger partial charge in [0.2, 0.25) is 5.91 Å². The Balaban J connectivity index is 1.46. The van der Waals surface area contributed by atoms with E-state index >= 15 is 0 Å². The number of carbonyl (C=O) groups is 2. The van der Waals surface area contributed by atoms with E-state index in [1.165, 1.54) is 11.3 Å². The van der Waals surface area contributed by atoms with Gasteiger partial charge in [0.25, 0.3) is 0 Å². The molecule has 2 aromatic rings. The second-order valence-electron chi connectivity index (χ2n) is 8.80. The summed E-state index contributed by atoms with van der Waals surface area (Å²) in [6.07, 6.45) is 3.15. The van der Waals surface area contributed by atoms with Crippen molar-refractivity contribution in [2.45, 2.75) is 64.0 Å². The second kappa shape index (κ2) is 7.44. The van der Waals surface area contributed by atoms with E-state index < -0.39 is 11.0 Å². The normalized spacial score (nSPS) is 17.8. The number of nitrogens with one attached hydrogen (secondary N) is 1. The van der Waals surface area contributed by atoms with Crippen molar-refractivity contribution in [3.8, 4) is 0 Å². The molecule has 1 aromatic carbocycles. The van der Waals surface area contributed by atoms with E-state index in [9.17, 15) is 9.59 Å². The van der Waals surface area contributed by atoms with Crippen LogP contribution in [0.3, 0.4) is 0 Å². The molecule has 1 fully saturated rings. The average Bonchev–Trinajstić information content (AvgIpc) is 3.01. The van der Waals surface area contributed by atoms with Crippen LogP contribution in [0.25, 0.3) is 0 Å². The highest BCUT2D eigenvalue weighted by Crippen LogP contribution is 2.45. The van der Waals surface area contributed by atoms with E-state index in [-0.39, 0.29) is 12.0 Å². The average molecular weight is 414 g/mol. The van der Waals surface area contributed by atoms with Crippen molar-refractivity contribution in [2.75, 3.05) is 11.9 Å². The van der Waals surface area contributed by atoms with E-state index in [1.54, 1.807) is 4.90 Å². The molecule has 6 nitrogen and oxygen atoms in total. The lowest BCUT2D eigenvalue weighted by molar-refractivity contribution is -0.124. The number of aromatic nitrogens is 1. The molecule has 0 saturated heterocycles. The Morgan fingerprint density at radius 2 is 1.93 bits per heavy atom. The molecule has 0 bridgehead atoms. The maximum absolute atomic E-state index is 13.1. The summed E-state index contributed by atoms with van der Waals surface area (Å²) in [6.45, 7) is 6.64. The highest BCUT2D eigenvalue weighted by Gasteiger charge is 2.45. The van der Waals surface area contributed by atoms with E-state index in [4.69, 9.17) is 4.74 Å². The first-order chi connectivity index (χ1) is 13.8. The number of rotatable bonds is 3. The predicted molar refractivity (Wildman–Crippen MR) is 113 cm³/mol.